The molecule has 0 radical (unpaired) electrons. The van der Waals surface area contributed by atoms with Gasteiger partial charge in [0.15, 0.2) is 0 Å². The van der Waals surface area contributed by atoms with E-state index in [1.54, 1.807) is 18.2 Å². The van der Waals surface area contributed by atoms with E-state index in [-0.39, 0.29) is 16.7 Å². The number of amides is 1. The normalized spacial score (nSPS) is 16.5. The van der Waals surface area contributed by atoms with Gasteiger partial charge in [0.2, 0.25) is 0 Å². The number of fused-ring (bicyclic) bond motifs is 1. The van der Waals surface area contributed by atoms with Gasteiger partial charge in [-0.15, -0.1) is 0 Å². The van der Waals surface area contributed by atoms with Crippen LogP contribution in [0.4, 0.5) is 10.1 Å². The number of benzene rings is 2. The number of hydrogen-bond donors (Lipinski definition) is 2. The molecule has 1 aliphatic rings. The fourth-order valence-corrected chi connectivity index (χ4v) is 2.70. The van der Waals surface area contributed by atoms with Crippen LogP contribution in [-0.4, -0.2) is 18.0 Å². The third-order valence-corrected chi connectivity index (χ3v) is 3.87. The molecule has 0 spiro atoms. The van der Waals surface area contributed by atoms with Crippen LogP contribution in [-0.2, 0) is 4.65 Å². The standard InChI is InChI=1S/C15H12BClFNO3/c1-8-11-5-3-10(7-13(11)16(21)22-8)19-15(20)12-4-2-9(18)6-14(12)17/h2-8,21H,1H3,(H,19,20). The molecule has 7 heteroatoms. The summed E-state index contributed by atoms with van der Waals surface area (Å²) in [5.41, 5.74) is 2.18. The highest BCUT2D eigenvalue weighted by molar-refractivity contribution is 6.61. The van der Waals surface area contributed by atoms with Crippen molar-refractivity contribution in [2.45, 2.75) is 13.0 Å². The first kappa shape index (κ1) is 15.0. The van der Waals surface area contributed by atoms with Gasteiger partial charge in [0.1, 0.15) is 5.82 Å². The van der Waals surface area contributed by atoms with Gasteiger partial charge in [-0.3, -0.25) is 4.79 Å². The average Bonchev–Trinajstić information content (AvgIpc) is 2.73. The van der Waals surface area contributed by atoms with Crippen LogP contribution in [0.5, 0.6) is 0 Å². The summed E-state index contributed by atoms with van der Waals surface area (Å²) in [6.45, 7) is 1.84. The first-order valence-electron chi connectivity index (χ1n) is 6.69. The van der Waals surface area contributed by atoms with Crippen LogP contribution in [0.3, 0.4) is 0 Å². The Kier molecular flexibility index (Phi) is 3.91. The number of rotatable bonds is 2. The van der Waals surface area contributed by atoms with Gasteiger partial charge in [-0.25, -0.2) is 4.39 Å². The lowest BCUT2D eigenvalue weighted by molar-refractivity contribution is 0.102. The van der Waals surface area contributed by atoms with Crippen molar-refractivity contribution in [3.8, 4) is 0 Å². The molecule has 2 aromatic rings. The first-order chi connectivity index (χ1) is 10.5. The lowest BCUT2D eigenvalue weighted by Crippen LogP contribution is -2.28. The molecular formula is C15H12BClFNO3. The maximum atomic E-state index is 13.0. The van der Waals surface area contributed by atoms with Crippen LogP contribution in [0.25, 0.3) is 0 Å². The summed E-state index contributed by atoms with van der Waals surface area (Å²) in [6, 6.07) is 8.73. The van der Waals surface area contributed by atoms with E-state index in [4.69, 9.17) is 16.3 Å². The van der Waals surface area contributed by atoms with Crippen molar-refractivity contribution in [3.05, 3.63) is 58.4 Å². The summed E-state index contributed by atoms with van der Waals surface area (Å²) >= 11 is 5.87. The Morgan fingerprint density at radius 1 is 1.36 bits per heavy atom. The Morgan fingerprint density at radius 3 is 2.86 bits per heavy atom. The largest absolute Gasteiger partial charge is 0.492 e. The summed E-state index contributed by atoms with van der Waals surface area (Å²) in [7, 11) is -1.00. The minimum absolute atomic E-state index is 0.0376. The van der Waals surface area contributed by atoms with Gasteiger partial charge in [-0.05, 0) is 48.3 Å². The first-order valence-corrected chi connectivity index (χ1v) is 7.07. The van der Waals surface area contributed by atoms with E-state index in [0.29, 0.717) is 11.2 Å². The van der Waals surface area contributed by atoms with Crippen molar-refractivity contribution < 1.29 is 18.9 Å². The maximum absolute atomic E-state index is 13.0. The van der Waals surface area contributed by atoms with Crippen molar-refractivity contribution >= 4 is 35.8 Å². The smallest absolute Gasteiger partial charge is 0.423 e. The Bertz CT molecular complexity index is 756. The fraction of sp³-hybridized carbons (Fsp3) is 0.133. The van der Waals surface area contributed by atoms with Crippen LogP contribution < -0.4 is 10.8 Å². The molecule has 1 heterocycles. The second-order valence-corrected chi connectivity index (χ2v) is 5.46. The highest BCUT2D eigenvalue weighted by Gasteiger charge is 2.32. The zero-order valence-corrected chi connectivity index (χ0v) is 12.4. The SMILES string of the molecule is CC1OB(O)c2cc(NC(=O)c3ccc(F)cc3Cl)ccc21. The minimum Gasteiger partial charge on any atom is -0.423 e. The second-order valence-electron chi connectivity index (χ2n) is 5.05. The van der Waals surface area contributed by atoms with Gasteiger partial charge in [0.05, 0.1) is 16.7 Å². The zero-order chi connectivity index (χ0) is 15.9. The highest BCUT2D eigenvalue weighted by atomic mass is 35.5. The number of carbonyl (C=O) groups is 1. The van der Waals surface area contributed by atoms with Crippen molar-refractivity contribution in [2.75, 3.05) is 5.32 Å². The summed E-state index contributed by atoms with van der Waals surface area (Å²) in [5, 5.41) is 12.5. The molecule has 1 unspecified atom stereocenters. The molecule has 1 amide bonds. The summed E-state index contributed by atoms with van der Waals surface area (Å²) < 4.78 is 18.3. The van der Waals surface area contributed by atoms with Crippen molar-refractivity contribution in [1.82, 2.24) is 0 Å². The lowest BCUT2D eigenvalue weighted by Gasteiger charge is -2.09. The van der Waals surface area contributed by atoms with E-state index in [1.807, 2.05) is 6.92 Å². The molecule has 1 atom stereocenters. The number of nitrogens with one attached hydrogen (secondary N) is 1. The molecule has 0 aliphatic carbocycles. The van der Waals surface area contributed by atoms with E-state index in [9.17, 15) is 14.2 Å². The van der Waals surface area contributed by atoms with E-state index >= 15 is 0 Å². The van der Waals surface area contributed by atoms with Crippen LogP contribution >= 0.6 is 11.6 Å². The Balaban J connectivity index is 1.85. The molecule has 0 fully saturated rings. The van der Waals surface area contributed by atoms with Crippen molar-refractivity contribution in [1.29, 1.82) is 0 Å². The Labute approximate surface area is 132 Å². The monoisotopic (exact) mass is 319 g/mol. The predicted octanol–water partition coefficient (Wildman–Crippen LogP) is 2.51. The Morgan fingerprint density at radius 2 is 2.14 bits per heavy atom. The van der Waals surface area contributed by atoms with Crippen LogP contribution in [0.2, 0.25) is 5.02 Å². The van der Waals surface area contributed by atoms with Gasteiger partial charge < -0.3 is 15.0 Å². The second kappa shape index (κ2) is 5.72. The third kappa shape index (κ3) is 2.73. The number of hydrogen-bond acceptors (Lipinski definition) is 3. The molecule has 0 aromatic heterocycles. The summed E-state index contributed by atoms with van der Waals surface area (Å²) in [4.78, 5) is 12.2. The zero-order valence-electron chi connectivity index (χ0n) is 11.6. The highest BCUT2D eigenvalue weighted by Crippen LogP contribution is 2.25. The fourth-order valence-electron chi connectivity index (χ4n) is 2.45. The molecule has 22 heavy (non-hydrogen) atoms. The third-order valence-electron chi connectivity index (χ3n) is 3.56. The topological polar surface area (TPSA) is 58.6 Å². The van der Waals surface area contributed by atoms with E-state index in [0.717, 1.165) is 11.6 Å². The number of carbonyl (C=O) groups excluding carboxylic acids is 1. The van der Waals surface area contributed by atoms with Gasteiger partial charge in [-0.2, -0.15) is 0 Å². The van der Waals surface area contributed by atoms with Crippen LogP contribution in [0.1, 0.15) is 28.9 Å². The molecular weight excluding hydrogens is 307 g/mol. The van der Waals surface area contributed by atoms with E-state index < -0.39 is 18.8 Å². The van der Waals surface area contributed by atoms with Gasteiger partial charge in [0.25, 0.3) is 5.91 Å². The summed E-state index contributed by atoms with van der Waals surface area (Å²) in [5.74, 6) is -0.959. The summed E-state index contributed by atoms with van der Waals surface area (Å²) in [6.07, 6.45) is -0.193. The lowest BCUT2D eigenvalue weighted by atomic mass is 9.79. The molecule has 4 nitrogen and oxygen atoms in total. The molecule has 1 aliphatic heterocycles. The van der Waals surface area contributed by atoms with Crippen LogP contribution in [0, 0.1) is 5.82 Å². The molecule has 112 valence electrons. The van der Waals surface area contributed by atoms with E-state index in [2.05, 4.69) is 5.32 Å². The Hall–Kier alpha value is -1.89. The van der Waals surface area contributed by atoms with Gasteiger partial charge >= 0.3 is 7.12 Å². The molecule has 0 saturated heterocycles. The molecule has 0 saturated carbocycles. The van der Waals surface area contributed by atoms with Gasteiger partial charge in [-0.1, -0.05) is 17.7 Å². The van der Waals surface area contributed by atoms with Gasteiger partial charge in [0, 0.05) is 5.69 Å². The van der Waals surface area contributed by atoms with Crippen LogP contribution in [0.15, 0.2) is 36.4 Å². The predicted molar refractivity (Wildman–Crippen MR) is 82.9 cm³/mol. The maximum Gasteiger partial charge on any atom is 0.492 e. The number of halogens is 2. The minimum atomic E-state index is -1.00. The number of anilines is 1. The van der Waals surface area contributed by atoms with E-state index in [1.165, 1.54) is 12.1 Å². The quantitative estimate of drug-likeness (QED) is 0.836. The van der Waals surface area contributed by atoms with Crippen molar-refractivity contribution in [2.24, 2.45) is 0 Å². The molecule has 3 rings (SSSR count). The van der Waals surface area contributed by atoms with Crippen molar-refractivity contribution in [3.63, 3.8) is 0 Å². The molecule has 2 N–H and O–H groups in total. The molecule has 2 aromatic carbocycles. The molecule has 0 bridgehead atoms. The average molecular weight is 320 g/mol.